The smallest absolute Gasteiger partial charge is 0.245 e. The zero-order chi connectivity index (χ0) is 23.8. The highest BCUT2D eigenvalue weighted by atomic mass is 16.5. The first-order valence-electron chi connectivity index (χ1n) is 11.1. The first-order chi connectivity index (χ1) is 14.4. The maximum atomic E-state index is 13.0. The van der Waals surface area contributed by atoms with E-state index in [0.717, 1.165) is 12.0 Å². The number of amides is 2. The molecule has 1 N–H and O–H groups in total. The second kappa shape index (κ2) is 12.0. The molecule has 0 aromatic heterocycles. The molecule has 6 nitrogen and oxygen atoms in total. The molecule has 1 rings (SSSR count). The Bertz CT molecular complexity index is 725. The Hall–Kier alpha value is -2.24. The number of nitrogens with zero attached hydrogens (tertiary/aromatic N) is 1. The van der Waals surface area contributed by atoms with Gasteiger partial charge in [0.15, 0.2) is 11.5 Å². The molecule has 0 saturated heterocycles. The second-order valence-corrected chi connectivity index (χ2v) is 10.1. The van der Waals surface area contributed by atoms with E-state index in [4.69, 9.17) is 9.47 Å². The molecule has 1 aromatic rings. The van der Waals surface area contributed by atoms with Crippen LogP contribution in [0.2, 0.25) is 0 Å². The van der Waals surface area contributed by atoms with Gasteiger partial charge in [-0.25, -0.2) is 0 Å². The fourth-order valence-electron chi connectivity index (χ4n) is 3.86. The fraction of sp³-hybridized carbons (Fsp3) is 0.680. The Morgan fingerprint density at radius 3 is 2.19 bits per heavy atom. The molecule has 176 valence electrons. The number of carbonyl (C=O) groups excluding carboxylic acids is 2. The van der Waals surface area contributed by atoms with Crippen molar-refractivity contribution in [3.63, 3.8) is 0 Å². The van der Waals surface area contributed by atoms with E-state index in [-0.39, 0.29) is 29.1 Å². The molecule has 0 radical (unpaired) electrons. The summed E-state index contributed by atoms with van der Waals surface area (Å²) in [6.45, 7) is 13.1. The summed E-state index contributed by atoms with van der Waals surface area (Å²) in [5, 5.41) is 2.98. The monoisotopic (exact) mass is 434 g/mol. The van der Waals surface area contributed by atoms with E-state index in [1.165, 1.54) is 0 Å². The fourth-order valence-corrected chi connectivity index (χ4v) is 3.86. The minimum atomic E-state index is -0.523. The molecule has 0 saturated carbocycles. The van der Waals surface area contributed by atoms with E-state index in [0.29, 0.717) is 30.9 Å². The number of benzene rings is 1. The van der Waals surface area contributed by atoms with Crippen LogP contribution in [0.4, 0.5) is 0 Å². The van der Waals surface area contributed by atoms with Crippen LogP contribution in [0.5, 0.6) is 11.5 Å². The van der Waals surface area contributed by atoms with Crippen LogP contribution < -0.4 is 14.8 Å². The van der Waals surface area contributed by atoms with Crippen molar-refractivity contribution in [2.24, 2.45) is 17.3 Å². The number of likely N-dealkylation sites (N-methyl/N-ethyl adjacent to an activating group) is 1. The number of hydrogen-bond donors (Lipinski definition) is 1. The zero-order valence-electron chi connectivity index (χ0n) is 20.9. The lowest BCUT2D eigenvalue weighted by molar-refractivity contribution is -0.136. The number of methoxy groups -OCH3 is 2. The van der Waals surface area contributed by atoms with Gasteiger partial charge in [-0.1, -0.05) is 47.6 Å². The van der Waals surface area contributed by atoms with Crippen LogP contribution in [0.15, 0.2) is 18.2 Å². The Morgan fingerprint density at radius 1 is 1.06 bits per heavy atom. The number of nitrogens with one attached hydrogen (secondary N) is 1. The van der Waals surface area contributed by atoms with E-state index in [9.17, 15) is 9.59 Å². The number of hydrogen-bond acceptors (Lipinski definition) is 4. The third-order valence-corrected chi connectivity index (χ3v) is 5.30. The summed E-state index contributed by atoms with van der Waals surface area (Å²) in [6, 6.07) is 5.24. The maximum absolute atomic E-state index is 13.0. The highest BCUT2D eigenvalue weighted by molar-refractivity contribution is 5.87. The van der Waals surface area contributed by atoms with E-state index < -0.39 is 6.04 Å². The molecular formula is C25H42N2O4. The maximum Gasteiger partial charge on any atom is 0.245 e. The van der Waals surface area contributed by atoms with Crippen LogP contribution in [-0.2, 0) is 16.0 Å². The lowest BCUT2D eigenvalue weighted by atomic mass is 9.84. The van der Waals surface area contributed by atoms with E-state index in [1.807, 2.05) is 32.0 Å². The average molecular weight is 435 g/mol. The van der Waals surface area contributed by atoms with Gasteiger partial charge in [-0.05, 0) is 47.8 Å². The van der Waals surface area contributed by atoms with Crippen molar-refractivity contribution in [3.8, 4) is 11.5 Å². The van der Waals surface area contributed by atoms with Crippen molar-refractivity contribution in [2.45, 2.75) is 66.8 Å². The molecule has 6 heteroatoms. The molecule has 0 aliphatic heterocycles. The highest BCUT2D eigenvalue weighted by Crippen LogP contribution is 2.28. The van der Waals surface area contributed by atoms with Gasteiger partial charge < -0.3 is 19.7 Å². The summed E-state index contributed by atoms with van der Waals surface area (Å²) in [6.07, 6.45) is 2.08. The number of ether oxygens (including phenoxy) is 2. The van der Waals surface area contributed by atoms with E-state index >= 15 is 0 Å². The standard InChI is InChI=1S/C25H42N2O4/c1-17(2)23(26-22(28)14-18(3)16-25(4,5)6)24(29)27(7)13-12-19-10-11-20(30-8)21(15-19)31-9/h10-11,15,17-18,23H,12-14,16H2,1-9H3,(H,26,28). The second-order valence-electron chi connectivity index (χ2n) is 10.1. The van der Waals surface area contributed by atoms with Crippen LogP contribution >= 0.6 is 0 Å². The van der Waals surface area contributed by atoms with Crippen molar-refractivity contribution < 1.29 is 19.1 Å². The van der Waals surface area contributed by atoms with Crippen LogP contribution in [-0.4, -0.2) is 50.6 Å². The molecule has 2 amide bonds. The van der Waals surface area contributed by atoms with Crippen molar-refractivity contribution in [1.82, 2.24) is 10.2 Å². The molecule has 0 spiro atoms. The molecule has 0 fully saturated rings. The third kappa shape index (κ3) is 9.19. The molecule has 1 aromatic carbocycles. The Balaban J connectivity index is 2.70. The van der Waals surface area contributed by atoms with Gasteiger partial charge in [-0.3, -0.25) is 9.59 Å². The van der Waals surface area contributed by atoms with Gasteiger partial charge in [0.2, 0.25) is 11.8 Å². The van der Waals surface area contributed by atoms with Gasteiger partial charge in [0.25, 0.3) is 0 Å². The van der Waals surface area contributed by atoms with Crippen LogP contribution in [0, 0.1) is 17.3 Å². The van der Waals surface area contributed by atoms with Gasteiger partial charge in [-0.15, -0.1) is 0 Å². The Kier molecular flexibility index (Phi) is 10.3. The van der Waals surface area contributed by atoms with Gasteiger partial charge in [0.1, 0.15) is 6.04 Å². The summed E-state index contributed by atoms with van der Waals surface area (Å²) >= 11 is 0. The van der Waals surface area contributed by atoms with Crippen molar-refractivity contribution in [1.29, 1.82) is 0 Å². The molecule has 0 aliphatic rings. The Labute approximate surface area is 188 Å². The Morgan fingerprint density at radius 2 is 1.68 bits per heavy atom. The SMILES string of the molecule is COc1ccc(CCN(C)C(=O)C(NC(=O)CC(C)CC(C)(C)C)C(C)C)cc1OC. The van der Waals surface area contributed by atoms with Crippen LogP contribution in [0.1, 0.15) is 59.9 Å². The molecule has 0 heterocycles. The lowest BCUT2D eigenvalue weighted by Gasteiger charge is -2.28. The summed E-state index contributed by atoms with van der Waals surface area (Å²) in [4.78, 5) is 27.3. The van der Waals surface area contributed by atoms with Gasteiger partial charge >= 0.3 is 0 Å². The molecule has 0 bridgehead atoms. The quantitative estimate of drug-likeness (QED) is 0.564. The molecule has 31 heavy (non-hydrogen) atoms. The normalized spacial score (nSPS) is 13.5. The van der Waals surface area contributed by atoms with Crippen LogP contribution in [0.3, 0.4) is 0 Å². The predicted molar refractivity (Wildman–Crippen MR) is 126 cm³/mol. The number of carbonyl (C=O) groups is 2. The summed E-state index contributed by atoms with van der Waals surface area (Å²) < 4.78 is 10.6. The molecular weight excluding hydrogens is 392 g/mol. The minimum absolute atomic E-state index is 0.0119. The van der Waals surface area contributed by atoms with Crippen molar-refractivity contribution in [3.05, 3.63) is 23.8 Å². The summed E-state index contributed by atoms with van der Waals surface area (Å²) in [7, 11) is 5.00. The first-order valence-corrected chi connectivity index (χ1v) is 11.1. The largest absolute Gasteiger partial charge is 0.493 e. The zero-order valence-corrected chi connectivity index (χ0v) is 20.9. The average Bonchev–Trinajstić information content (AvgIpc) is 2.67. The third-order valence-electron chi connectivity index (χ3n) is 5.30. The van der Waals surface area contributed by atoms with Crippen molar-refractivity contribution in [2.75, 3.05) is 27.8 Å². The topological polar surface area (TPSA) is 67.9 Å². The number of rotatable bonds is 11. The van der Waals surface area contributed by atoms with Crippen LogP contribution in [0.25, 0.3) is 0 Å². The molecule has 0 aliphatic carbocycles. The first kappa shape index (κ1) is 26.8. The van der Waals surface area contributed by atoms with Gasteiger partial charge in [0.05, 0.1) is 14.2 Å². The minimum Gasteiger partial charge on any atom is -0.493 e. The molecule has 2 atom stereocenters. The summed E-state index contributed by atoms with van der Waals surface area (Å²) in [5.74, 6) is 1.51. The van der Waals surface area contributed by atoms with E-state index in [1.54, 1.807) is 26.2 Å². The highest BCUT2D eigenvalue weighted by Gasteiger charge is 2.28. The van der Waals surface area contributed by atoms with Gasteiger partial charge in [0, 0.05) is 20.0 Å². The van der Waals surface area contributed by atoms with E-state index in [2.05, 4.69) is 33.0 Å². The van der Waals surface area contributed by atoms with Gasteiger partial charge in [-0.2, -0.15) is 0 Å². The molecule has 2 unspecified atom stereocenters. The lowest BCUT2D eigenvalue weighted by Crippen LogP contribution is -2.50. The van der Waals surface area contributed by atoms with Crippen molar-refractivity contribution >= 4 is 11.8 Å². The summed E-state index contributed by atoms with van der Waals surface area (Å²) in [5.41, 5.74) is 1.23. The predicted octanol–water partition coefficient (Wildman–Crippen LogP) is 4.31.